The first-order valence-electron chi connectivity index (χ1n) is 16.0. The maximum absolute atomic E-state index is 5.26. The molecule has 7 aromatic carbocycles. The number of hydrogen-bond donors (Lipinski definition) is 0. The van der Waals surface area contributed by atoms with Crippen molar-refractivity contribution in [2.24, 2.45) is 0 Å². The van der Waals surface area contributed by atoms with Crippen LogP contribution in [-0.2, 0) is 0 Å². The molecule has 48 heavy (non-hydrogen) atoms. The van der Waals surface area contributed by atoms with E-state index in [2.05, 4.69) is 126 Å². The van der Waals surface area contributed by atoms with Crippen LogP contribution < -0.4 is 0 Å². The van der Waals surface area contributed by atoms with Gasteiger partial charge in [-0.2, -0.15) is 9.97 Å². The van der Waals surface area contributed by atoms with Crippen LogP contribution in [0, 0.1) is 0 Å². The minimum absolute atomic E-state index is 0.592. The van der Waals surface area contributed by atoms with Gasteiger partial charge >= 0.3 is 0 Å². The fourth-order valence-corrected chi connectivity index (χ4v) is 8.27. The molecule has 0 N–H and O–H groups in total. The quantitative estimate of drug-likeness (QED) is 0.194. The van der Waals surface area contributed by atoms with Crippen molar-refractivity contribution in [3.63, 3.8) is 0 Å². The first-order chi connectivity index (χ1) is 23.8. The highest BCUT2D eigenvalue weighted by molar-refractivity contribution is 7.25. The molecule has 0 aliphatic heterocycles. The Kier molecular flexibility index (Phi) is 6.01. The van der Waals surface area contributed by atoms with Crippen molar-refractivity contribution in [1.29, 1.82) is 0 Å². The van der Waals surface area contributed by atoms with Crippen molar-refractivity contribution >= 4 is 64.1 Å². The Morgan fingerprint density at radius 3 is 1.75 bits per heavy atom. The van der Waals surface area contributed by atoms with E-state index in [1.165, 1.54) is 31.1 Å². The van der Waals surface area contributed by atoms with Gasteiger partial charge in [0.2, 0.25) is 5.95 Å². The number of nitrogens with zero attached hydrogens (tertiary/aromatic N) is 4. The molecule has 0 aliphatic rings. The van der Waals surface area contributed by atoms with Gasteiger partial charge in [-0.15, -0.1) is 11.3 Å². The zero-order valence-electron chi connectivity index (χ0n) is 25.7. The van der Waals surface area contributed by atoms with Crippen LogP contribution >= 0.6 is 11.3 Å². The lowest BCUT2D eigenvalue weighted by Gasteiger charge is -2.14. The van der Waals surface area contributed by atoms with Crippen molar-refractivity contribution in [3.8, 4) is 39.9 Å². The van der Waals surface area contributed by atoms with Crippen molar-refractivity contribution < 1.29 is 0 Å². The fourth-order valence-electron chi connectivity index (χ4n) is 7.14. The summed E-state index contributed by atoms with van der Waals surface area (Å²) < 4.78 is 4.85. The standard InChI is InChI=1S/C43H26N4S/c1-3-14-28(15-4-1)41-44-42(29-16-5-2-6-17-29)46-43(45-41)47-39-30-18-8-7-13-27(30)25-26-34(39)33-22-11-21-32(40(33)47)31-20-12-24-37-38(31)35-19-9-10-23-36(35)48-37/h1-26H. The molecule has 10 rings (SSSR count). The lowest BCUT2D eigenvalue weighted by atomic mass is 9.97. The molecule has 0 spiro atoms. The van der Waals surface area contributed by atoms with Crippen molar-refractivity contribution in [3.05, 3.63) is 158 Å². The van der Waals surface area contributed by atoms with E-state index in [1.54, 1.807) is 0 Å². The molecule has 0 fully saturated rings. The summed E-state index contributed by atoms with van der Waals surface area (Å²) in [6, 6.07) is 55.5. The normalized spacial score (nSPS) is 11.8. The van der Waals surface area contributed by atoms with Gasteiger partial charge in [0.1, 0.15) is 0 Å². The molecule has 4 nitrogen and oxygen atoms in total. The molecule has 0 bridgehead atoms. The van der Waals surface area contributed by atoms with Crippen LogP contribution in [-0.4, -0.2) is 19.5 Å². The van der Waals surface area contributed by atoms with Gasteiger partial charge in [0.25, 0.3) is 0 Å². The molecule has 3 heterocycles. The van der Waals surface area contributed by atoms with E-state index in [1.807, 2.05) is 47.7 Å². The van der Waals surface area contributed by atoms with Crippen molar-refractivity contribution in [1.82, 2.24) is 19.5 Å². The van der Waals surface area contributed by atoms with Crippen LogP contribution in [0.3, 0.4) is 0 Å². The summed E-state index contributed by atoms with van der Waals surface area (Å²) in [5.41, 5.74) is 6.39. The highest BCUT2D eigenvalue weighted by atomic mass is 32.1. The maximum atomic E-state index is 5.26. The molecule has 224 valence electrons. The van der Waals surface area contributed by atoms with Crippen LogP contribution in [0.1, 0.15) is 0 Å². The van der Waals surface area contributed by atoms with Gasteiger partial charge in [-0.05, 0) is 23.1 Å². The molecule has 0 aliphatic carbocycles. The summed E-state index contributed by atoms with van der Waals surface area (Å²) in [5, 5.41) is 7.19. The van der Waals surface area contributed by atoms with Gasteiger partial charge in [-0.3, -0.25) is 4.57 Å². The summed E-state index contributed by atoms with van der Waals surface area (Å²) in [7, 11) is 0. The Bertz CT molecular complexity index is 2780. The van der Waals surface area contributed by atoms with Crippen LogP contribution in [0.4, 0.5) is 0 Å². The molecule has 0 unspecified atom stereocenters. The van der Waals surface area contributed by atoms with Gasteiger partial charge in [-0.25, -0.2) is 4.98 Å². The molecular weight excluding hydrogens is 605 g/mol. The molecule has 0 saturated carbocycles. The third-order valence-corrected chi connectivity index (χ3v) is 10.4. The number of hydrogen-bond acceptors (Lipinski definition) is 4. The number of aromatic nitrogens is 4. The van der Waals surface area contributed by atoms with Gasteiger partial charge in [0.05, 0.1) is 11.0 Å². The Labute approximate surface area is 280 Å². The SMILES string of the molecule is c1ccc(-c2nc(-c3ccccc3)nc(-n3c4c(-c5cccc6sc7ccccc7c56)cccc4c4ccc5ccccc5c43)n2)cc1. The van der Waals surface area contributed by atoms with Gasteiger partial charge in [0, 0.05) is 53.0 Å². The van der Waals surface area contributed by atoms with Crippen LogP contribution in [0.5, 0.6) is 0 Å². The molecular formula is C43H26N4S. The largest absolute Gasteiger partial charge is 0.277 e. The predicted octanol–water partition coefficient (Wildman–Crippen LogP) is 11.5. The summed E-state index contributed by atoms with van der Waals surface area (Å²) >= 11 is 1.84. The molecule has 10 aromatic rings. The van der Waals surface area contributed by atoms with E-state index in [4.69, 9.17) is 15.0 Å². The van der Waals surface area contributed by atoms with Crippen LogP contribution in [0.25, 0.3) is 92.6 Å². The third-order valence-electron chi connectivity index (χ3n) is 9.25. The van der Waals surface area contributed by atoms with Gasteiger partial charge < -0.3 is 0 Å². The number of benzene rings is 7. The molecule has 0 radical (unpaired) electrons. The number of thiophene rings is 1. The second kappa shape index (κ2) is 10.7. The Hall–Kier alpha value is -6.17. The Morgan fingerprint density at radius 1 is 0.396 bits per heavy atom. The first kappa shape index (κ1) is 27.0. The molecule has 0 saturated heterocycles. The van der Waals surface area contributed by atoms with Crippen LogP contribution in [0.2, 0.25) is 0 Å². The topological polar surface area (TPSA) is 43.6 Å². The smallest absolute Gasteiger partial charge is 0.238 e. The number of fused-ring (bicyclic) bond motifs is 8. The van der Waals surface area contributed by atoms with E-state index in [-0.39, 0.29) is 0 Å². The van der Waals surface area contributed by atoms with E-state index >= 15 is 0 Å². The first-order valence-corrected chi connectivity index (χ1v) is 16.9. The highest BCUT2D eigenvalue weighted by Crippen LogP contribution is 2.45. The zero-order chi connectivity index (χ0) is 31.6. The molecule has 0 atom stereocenters. The summed E-state index contributed by atoms with van der Waals surface area (Å²) in [4.78, 5) is 15.5. The lowest BCUT2D eigenvalue weighted by molar-refractivity contribution is 0.955. The predicted molar refractivity (Wildman–Crippen MR) is 201 cm³/mol. The molecule has 5 heteroatoms. The summed E-state index contributed by atoms with van der Waals surface area (Å²) in [6.45, 7) is 0. The van der Waals surface area contributed by atoms with Crippen molar-refractivity contribution in [2.45, 2.75) is 0 Å². The second-order valence-electron chi connectivity index (χ2n) is 12.0. The van der Waals surface area contributed by atoms with E-state index < -0.39 is 0 Å². The lowest BCUT2D eigenvalue weighted by Crippen LogP contribution is -2.07. The fraction of sp³-hybridized carbons (Fsp3) is 0. The summed E-state index contributed by atoms with van der Waals surface area (Å²) in [5.74, 6) is 1.87. The van der Waals surface area contributed by atoms with E-state index in [0.717, 1.165) is 43.9 Å². The average molecular weight is 631 g/mol. The Balaban J connectivity index is 1.39. The van der Waals surface area contributed by atoms with Gasteiger partial charge in [-0.1, -0.05) is 146 Å². The monoisotopic (exact) mass is 630 g/mol. The maximum Gasteiger partial charge on any atom is 0.238 e. The molecule has 0 amide bonds. The van der Waals surface area contributed by atoms with Crippen molar-refractivity contribution in [2.75, 3.05) is 0 Å². The minimum atomic E-state index is 0.592. The average Bonchev–Trinajstić information content (AvgIpc) is 3.72. The number of para-hydroxylation sites is 1. The molecule has 3 aromatic heterocycles. The Morgan fingerprint density at radius 2 is 0.979 bits per heavy atom. The number of rotatable bonds is 4. The zero-order valence-corrected chi connectivity index (χ0v) is 26.5. The van der Waals surface area contributed by atoms with Crippen LogP contribution in [0.15, 0.2) is 158 Å². The highest BCUT2D eigenvalue weighted by Gasteiger charge is 2.23. The van der Waals surface area contributed by atoms with Gasteiger partial charge in [0.15, 0.2) is 11.6 Å². The minimum Gasteiger partial charge on any atom is -0.277 e. The van der Waals surface area contributed by atoms with E-state index in [0.29, 0.717) is 17.6 Å². The summed E-state index contributed by atoms with van der Waals surface area (Å²) in [6.07, 6.45) is 0. The third kappa shape index (κ3) is 4.11. The van der Waals surface area contributed by atoms with E-state index in [9.17, 15) is 0 Å². The second-order valence-corrected chi connectivity index (χ2v) is 13.1.